The van der Waals surface area contributed by atoms with Crippen molar-refractivity contribution < 1.29 is 4.42 Å². The molecule has 0 aliphatic carbocycles. The molecule has 5 nitrogen and oxygen atoms in total. The maximum absolute atomic E-state index is 5.99. The first-order valence-corrected chi connectivity index (χ1v) is 9.60. The predicted molar refractivity (Wildman–Crippen MR) is 99.6 cm³/mol. The molecule has 4 rings (SSSR count). The van der Waals surface area contributed by atoms with E-state index in [1.165, 1.54) is 11.8 Å². The molecular formula is C17H11ClN4OS2. The molecule has 0 radical (unpaired) electrons. The summed E-state index contributed by atoms with van der Waals surface area (Å²) in [6.07, 6.45) is 1.76. The molecule has 3 heterocycles. The lowest BCUT2D eigenvalue weighted by molar-refractivity contribution is 0.466. The summed E-state index contributed by atoms with van der Waals surface area (Å²) in [6.45, 7) is 0. The summed E-state index contributed by atoms with van der Waals surface area (Å²) < 4.78 is 5.68. The fourth-order valence-corrected chi connectivity index (χ4v) is 3.87. The second-order valence-electron chi connectivity index (χ2n) is 5.03. The number of pyridine rings is 1. The maximum atomic E-state index is 5.99. The van der Waals surface area contributed by atoms with Gasteiger partial charge in [-0.2, -0.15) is 0 Å². The van der Waals surface area contributed by atoms with Crippen molar-refractivity contribution in [1.82, 2.24) is 20.2 Å². The third-order valence-electron chi connectivity index (χ3n) is 3.26. The van der Waals surface area contributed by atoms with Crippen LogP contribution in [-0.4, -0.2) is 20.2 Å². The summed E-state index contributed by atoms with van der Waals surface area (Å²) in [5.41, 5.74) is 2.64. The molecule has 8 heteroatoms. The lowest BCUT2D eigenvalue weighted by atomic mass is 10.2. The van der Waals surface area contributed by atoms with Crippen molar-refractivity contribution in [3.05, 3.63) is 64.8 Å². The third kappa shape index (κ3) is 3.89. The number of benzene rings is 1. The van der Waals surface area contributed by atoms with E-state index in [0.717, 1.165) is 22.0 Å². The van der Waals surface area contributed by atoms with Crippen molar-refractivity contribution in [2.45, 2.75) is 11.0 Å². The van der Waals surface area contributed by atoms with Crippen LogP contribution in [0.25, 0.3) is 22.2 Å². The average molecular weight is 387 g/mol. The normalized spacial score (nSPS) is 10.9. The standard InChI is InChI=1S/C17H11ClN4OS2/c18-12-5-3-4-11(8-12)15-21-22-17(23-15)25-10-13-9-24-16(20-13)14-6-1-2-7-19-14/h1-9H,10H2. The Morgan fingerprint density at radius 3 is 2.92 bits per heavy atom. The second-order valence-corrected chi connectivity index (χ2v) is 7.25. The highest BCUT2D eigenvalue weighted by Crippen LogP contribution is 2.28. The predicted octanol–water partition coefficient (Wildman–Crippen LogP) is 5.20. The zero-order chi connectivity index (χ0) is 17.1. The Bertz CT molecular complexity index is 987. The van der Waals surface area contributed by atoms with Crippen LogP contribution in [0.5, 0.6) is 0 Å². The lowest BCUT2D eigenvalue weighted by Crippen LogP contribution is -1.84. The number of aromatic nitrogens is 4. The zero-order valence-corrected chi connectivity index (χ0v) is 15.2. The molecule has 0 saturated heterocycles. The molecule has 0 unspecified atom stereocenters. The molecule has 0 aliphatic rings. The van der Waals surface area contributed by atoms with Crippen molar-refractivity contribution in [2.75, 3.05) is 0 Å². The molecular weight excluding hydrogens is 376 g/mol. The second kappa shape index (κ2) is 7.35. The van der Waals surface area contributed by atoms with Crippen LogP contribution in [-0.2, 0) is 5.75 Å². The first-order chi connectivity index (χ1) is 12.3. The fraction of sp³-hybridized carbons (Fsp3) is 0.0588. The minimum Gasteiger partial charge on any atom is -0.411 e. The summed E-state index contributed by atoms with van der Waals surface area (Å²) in [6, 6.07) is 13.1. The average Bonchev–Trinajstić information content (AvgIpc) is 3.30. The number of rotatable bonds is 5. The Morgan fingerprint density at radius 1 is 1.12 bits per heavy atom. The van der Waals surface area contributed by atoms with Crippen LogP contribution in [0.4, 0.5) is 0 Å². The van der Waals surface area contributed by atoms with Gasteiger partial charge in [-0.15, -0.1) is 21.5 Å². The van der Waals surface area contributed by atoms with Crippen LogP contribution < -0.4 is 0 Å². The Labute approximate surface area is 157 Å². The van der Waals surface area contributed by atoms with Gasteiger partial charge in [-0.05, 0) is 30.3 Å². The van der Waals surface area contributed by atoms with Gasteiger partial charge in [0.2, 0.25) is 5.89 Å². The van der Waals surface area contributed by atoms with E-state index in [1.807, 2.05) is 35.7 Å². The van der Waals surface area contributed by atoms with E-state index in [0.29, 0.717) is 21.9 Å². The number of thioether (sulfide) groups is 1. The number of thiazole rings is 1. The van der Waals surface area contributed by atoms with Crippen LogP contribution in [0.3, 0.4) is 0 Å². The van der Waals surface area contributed by atoms with E-state index in [9.17, 15) is 0 Å². The Morgan fingerprint density at radius 2 is 2.08 bits per heavy atom. The van der Waals surface area contributed by atoms with Gasteiger partial charge in [-0.3, -0.25) is 4.98 Å². The SMILES string of the molecule is Clc1cccc(-c2nnc(SCc3csc(-c4ccccn4)n3)o2)c1. The van der Waals surface area contributed by atoms with Crippen LogP contribution in [0, 0.1) is 0 Å². The molecule has 1 aromatic carbocycles. The summed E-state index contributed by atoms with van der Waals surface area (Å²) in [5.74, 6) is 1.11. The van der Waals surface area contributed by atoms with Gasteiger partial charge in [0.1, 0.15) is 5.01 Å². The van der Waals surface area contributed by atoms with E-state index in [1.54, 1.807) is 29.7 Å². The van der Waals surface area contributed by atoms with E-state index in [-0.39, 0.29) is 0 Å². The Hall–Kier alpha value is -2.22. The molecule has 124 valence electrons. The van der Waals surface area contributed by atoms with Crippen LogP contribution in [0.2, 0.25) is 5.02 Å². The quantitative estimate of drug-likeness (QED) is 0.439. The van der Waals surface area contributed by atoms with Gasteiger partial charge < -0.3 is 4.42 Å². The van der Waals surface area contributed by atoms with Crippen molar-refractivity contribution in [3.8, 4) is 22.2 Å². The summed E-state index contributed by atoms with van der Waals surface area (Å²) >= 11 is 9.01. The van der Waals surface area contributed by atoms with Crippen molar-refractivity contribution >= 4 is 34.7 Å². The van der Waals surface area contributed by atoms with E-state index < -0.39 is 0 Å². The van der Waals surface area contributed by atoms with Gasteiger partial charge in [0, 0.05) is 27.9 Å². The number of hydrogen-bond acceptors (Lipinski definition) is 7. The monoisotopic (exact) mass is 386 g/mol. The van der Waals surface area contributed by atoms with E-state index in [2.05, 4.69) is 20.2 Å². The third-order valence-corrected chi connectivity index (χ3v) is 5.26. The lowest BCUT2D eigenvalue weighted by Gasteiger charge is -1.95. The van der Waals surface area contributed by atoms with Gasteiger partial charge in [-0.25, -0.2) is 4.98 Å². The molecule has 0 aliphatic heterocycles. The first-order valence-electron chi connectivity index (χ1n) is 7.36. The maximum Gasteiger partial charge on any atom is 0.277 e. The highest BCUT2D eigenvalue weighted by atomic mass is 35.5. The van der Waals surface area contributed by atoms with Crippen molar-refractivity contribution in [1.29, 1.82) is 0 Å². The van der Waals surface area contributed by atoms with Gasteiger partial charge in [0.25, 0.3) is 5.22 Å². The molecule has 3 aromatic heterocycles. The fourth-order valence-electron chi connectivity index (χ4n) is 2.12. The highest BCUT2D eigenvalue weighted by Gasteiger charge is 2.11. The Kier molecular flexibility index (Phi) is 4.78. The summed E-state index contributed by atoms with van der Waals surface area (Å²) in [5, 5.41) is 12.2. The minimum absolute atomic E-state index is 0.456. The highest BCUT2D eigenvalue weighted by molar-refractivity contribution is 7.98. The minimum atomic E-state index is 0.456. The largest absolute Gasteiger partial charge is 0.411 e. The number of halogens is 1. The molecule has 0 amide bonds. The molecule has 0 spiro atoms. The summed E-state index contributed by atoms with van der Waals surface area (Å²) in [7, 11) is 0. The van der Waals surface area contributed by atoms with E-state index in [4.69, 9.17) is 16.0 Å². The molecule has 4 aromatic rings. The molecule has 0 saturated carbocycles. The smallest absolute Gasteiger partial charge is 0.277 e. The van der Waals surface area contributed by atoms with Gasteiger partial charge >= 0.3 is 0 Å². The van der Waals surface area contributed by atoms with Gasteiger partial charge in [0.05, 0.1) is 11.4 Å². The number of hydrogen-bond donors (Lipinski definition) is 0. The molecule has 0 atom stereocenters. The first kappa shape index (κ1) is 16.3. The topological polar surface area (TPSA) is 64.7 Å². The molecule has 0 bridgehead atoms. The van der Waals surface area contributed by atoms with Crippen LogP contribution >= 0.6 is 34.7 Å². The molecule has 0 N–H and O–H groups in total. The van der Waals surface area contributed by atoms with Crippen LogP contribution in [0.15, 0.2) is 63.7 Å². The van der Waals surface area contributed by atoms with Crippen molar-refractivity contribution in [2.24, 2.45) is 0 Å². The van der Waals surface area contributed by atoms with E-state index >= 15 is 0 Å². The molecule has 25 heavy (non-hydrogen) atoms. The summed E-state index contributed by atoms with van der Waals surface area (Å²) in [4.78, 5) is 8.91. The Balaban J connectivity index is 1.43. The van der Waals surface area contributed by atoms with Gasteiger partial charge in [0.15, 0.2) is 0 Å². The van der Waals surface area contributed by atoms with Crippen LogP contribution in [0.1, 0.15) is 5.69 Å². The number of nitrogens with zero attached hydrogens (tertiary/aromatic N) is 4. The zero-order valence-electron chi connectivity index (χ0n) is 12.8. The van der Waals surface area contributed by atoms with Gasteiger partial charge in [-0.1, -0.05) is 35.5 Å². The van der Waals surface area contributed by atoms with Crippen molar-refractivity contribution in [3.63, 3.8) is 0 Å². The molecule has 0 fully saturated rings.